The largest absolute Gasteiger partial charge is 0.384 e. The Labute approximate surface area is 99.8 Å². The molecular weight excluding hydrogens is 176 g/mol. The Balaban J connectivity index is 2.77. The summed E-state index contributed by atoms with van der Waals surface area (Å²) in [7, 11) is 0. The average molecular weight is 203 g/mol. The molecule has 0 radical (unpaired) electrons. The lowest BCUT2D eigenvalue weighted by Crippen LogP contribution is -2.44. The van der Waals surface area contributed by atoms with Gasteiger partial charge in [-0.1, -0.05) is 0 Å². The van der Waals surface area contributed by atoms with Gasteiger partial charge in [0.05, 0.1) is 17.4 Å². The van der Waals surface area contributed by atoms with Gasteiger partial charge in [0, 0.05) is 35.6 Å². The van der Waals surface area contributed by atoms with Crippen molar-refractivity contribution < 1.29 is 15.1 Å². The van der Waals surface area contributed by atoms with Gasteiger partial charge in [-0.25, -0.2) is 4.98 Å². The third-order valence-electron chi connectivity index (χ3n) is 1.58. The minimum Gasteiger partial charge on any atom is -0.384 e. The second-order valence-electron chi connectivity index (χ2n) is 2.56. The number of aromatic nitrogens is 1. The molecular formula is C10H16N4. The van der Waals surface area contributed by atoms with Gasteiger partial charge < -0.3 is 15.5 Å². The summed E-state index contributed by atoms with van der Waals surface area (Å²) in [5.41, 5.74) is 5.14. The molecule has 4 heteroatoms. The maximum atomic E-state index is 8.08. The van der Waals surface area contributed by atoms with Crippen molar-refractivity contribution in [2.45, 2.75) is 0 Å². The molecule has 1 aliphatic heterocycles. The summed E-state index contributed by atoms with van der Waals surface area (Å²) in [5.74, 6) is 0.0389. The van der Waals surface area contributed by atoms with Gasteiger partial charge in [0.2, 0.25) is 0 Å². The fourth-order valence-electron chi connectivity index (χ4n) is 0.915. The molecule has 2 rings (SSSR count). The van der Waals surface area contributed by atoms with Gasteiger partial charge in [0.1, 0.15) is 5.82 Å². The van der Waals surface area contributed by atoms with Crippen LogP contribution < -0.4 is 10.6 Å². The molecule has 0 spiro atoms. The molecule has 0 bridgehead atoms. The second-order valence-corrected chi connectivity index (χ2v) is 2.56. The quantitative estimate of drug-likeness (QED) is 0.718. The van der Waals surface area contributed by atoms with Gasteiger partial charge >= 0.3 is 0 Å². The van der Waals surface area contributed by atoms with E-state index in [9.17, 15) is 0 Å². The van der Waals surface area contributed by atoms with Gasteiger partial charge in [-0.15, -0.1) is 0 Å². The Morgan fingerprint density at radius 3 is 2.79 bits per heavy atom. The highest BCUT2D eigenvalue weighted by Gasteiger charge is 2.13. The van der Waals surface area contributed by atoms with Crippen molar-refractivity contribution in [2.24, 2.45) is 0 Å². The van der Waals surface area contributed by atoms with Crippen molar-refractivity contribution >= 4 is 11.5 Å². The van der Waals surface area contributed by atoms with Crippen LogP contribution >= 0.6 is 0 Å². The van der Waals surface area contributed by atoms with E-state index in [1.54, 1.807) is 0 Å². The van der Waals surface area contributed by atoms with Gasteiger partial charge in [0.25, 0.3) is 0 Å². The first-order valence-corrected chi connectivity index (χ1v) is 3.81. The van der Waals surface area contributed by atoms with E-state index in [0.717, 1.165) is 12.3 Å². The summed E-state index contributed by atoms with van der Waals surface area (Å²) in [4.78, 5) is 3.52. The molecule has 1 saturated heterocycles. The van der Waals surface area contributed by atoms with Crippen LogP contribution in [0.1, 0.15) is 15.1 Å². The standard InChI is InChI=1S/C10H16N4/c1-13-4-6-14(7-5-13)9-2-3-10(11)12-8-9/h2-3,8H,4-7H2,1H3,(H2,11,12)/i1D3,4D2,5D2,6D2,7D2. The first-order valence-electron chi connectivity index (χ1n) is 9.31. The molecule has 1 aliphatic rings. The highest BCUT2D eigenvalue weighted by Crippen LogP contribution is 2.15. The molecule has 0 aliphatic carbocycles. The number of piperazine rings is 1. The molecule has 76 valence electrons. The fraction of sp³-hybridized carbons (Fsp3) is 0.500. The van der Waals surface area contributed by atoms with E-state index in [0.29, 0.717) is 0 Å². The van der Waals surface area contributed by atoms with E-state index in [2.05, 4.69) is 4.98 Å². The zero-order valence-electron chi connectivity index (χ0n) is 18.2. The van der Waals surface area contributed by atoms with Crippen molar-refractivity contribution in [3.63, 3.8) is 0 Å². The van der Waals surface area contributed by atoms with Crippen LogP contribution in [0.2, 0.25) is 0 Å². The molecule has 0 amide bonds. The van der Waals surface area contributed by atoms with Crippen molar-refractivity contribution in [2.75, 3.05) is 43.6 Å². The average Bonchev–Trinajstić information content (AvgIpc) is 2.36. The summed E-state index contributed by atoms with van der Waals surface area (Å²) in [6, 6.07) is 2.36. The van der Waals surface area contributed by atoms with Crippen molar-refractivity contribution in [3.05, 3.63) is 18.3 Å². The zero-order chi connectivity index (χ0) is 19.6. The van der Waals surface area contributed by atoms with Crippen LogP contribution in [-0.4, -0.2) is 42.8 Å². The van der Waals surface area contributed by atoms with Gasteiger partial charge in [-0.3, -0.25) is 0 Å². The molecule has 4 nitrogen and oxygen atoms in total. The highest BCUT2D eigenvalue weighted by molar-refractivity contribution is 5.48. The molecule has 1 aromatic rings. The molecule has 1 aromatic heterocycles. The lowest BCUT2D eigenvalue weighted by molar-refractivity contribution is 0.313. The summed E-state index contributed by atoms with van der Waals surface area (Å²) in [5, 5.41) is 0. The van der Waals surface area contributed by atoms with E-state index in [1.165, 1.54) is 6.07 Å². The van der Waals surface area contributed by atoms with Gasteiger partial charge in [-0.2, -0.15) is 0 Å². The van der Waals surface area contributed by atoms with Crippen LogP contribution in [0.5, 0.6) is 0 Å². The van der Waals surface area contributed by atoms with Crippen LogP contribution in [0.15, 0.2) is 18.3 Å². The predicted molar refractivity (Wildman–Crippen MR) is 58.4 cm³/mol. The molecule has 0 atom stereocenters. The molecule has 1 fully saturated rings. The van der Waals surface area contributed by atoms with E-state index < -0.39 is 33.0 Å². The Bertz CT molecular complexity index is 626. The minimum absolute atomic E-state index is 0.0389. The Hall–Kier alpha value is -1.29. The first kappa shape index (κ1) is 2.85. The van der Waals surface area contributed by atoms with Crippen LogP contribution in [0.25, 0.3) is 0 Å². The first-order chi connectivity index (χ1) is 11.0. The maximum Gasteiger partial charge on any atom is 0.123 e. The number of nitrogens with zero attached hydrogens (tertiary/aromatic N) is 3. The van der Waals surface area contributed by atoms with E-state index in [-0.39, 0.29) is 21.3 Å². The number of likely N-dealkylation sites (N-methyl/N-ethyl adjacent to an activating group) is 1. The molecule has 14 heavy (non-hydrogen) atoms. The van der Waals surface area contributed by atoms with Crippen molar-refractivity contribution in [1.82, 2.24) is 9.88 Å². The van der Waals surface area contributed by atoms with Crippen LogP contribution in [0, 0.1) is 0 Å². The fourth-order valence-corrected chi connectivity index (χ4v) is 0.915. The number of rotatable bonds is 1. The Morgan fingerprint density at radius 1 is 1.43 bits per heavy atom. The number of hydrogen-bond donors (Lipinski definition) is 1. The Morgan fingerprint density at radius 2 is 2.21 bits per heavy atom. The van der Waals surface area contributed by atoms with Gasteiger partial charge in [0.15, 0.2) is 0 Å². The van der Waals surface area contributed by atoms with Crippen molar-refractivity contribution in [3.8, 4) is 0 Å². The van der Waals surface area contributed by atoms with E-state index in [4.69, 9.17) is 20.8 Å². The predicted octanol–water partition coefficient (Wildman–Crippen LogP) is 0.416. The second kappa shape index (κ2) is 3.84. The number of nitrogens with two attached hydrogens (primary N) is 1. The number of anilines is 2. The number of hydrogen-bond acceptors (Lipinski definition) is 4. The third-order valence-corrected chi connectivity index (χ3v) is 1.58. The molecule has 0 saturated carbocycles. The monoisotopic (exact) mass is 203 g/mol. The van der Waals surface area contributed by atoms with E-state index >= 15 is 0 Å². The lowest BCUT2D eigenvalue weighted by Gasteiger charge is -2.33. The third kappa shape index (κ3) is 1.96. The normalized spacial score (nSPS) is 45.4. The van der Waals surface area contributed by atoms with Crippen LogP contribution in [0.4, 0.5) is 11.5 Å². The smallest absolute Gasteiger partial charge is 0.123 e. The topological polar surface area (TPSA) is 45.4 Å². The minimum atomic E-state index is -3.43. The highest BCUT2D eigenvalue weighted by atomic mass is 15.2. The lowest BCUT2D eigenvalue weighted by atomic mass is 10.3. The van der Waals surface area contributed by atoms with E-state index in [1.807, 2.05) is 0 Å². The molecule has 0 aromatic carbocycles. The molecule has 2 heterocycles. The van der Waals surface area contributed by atoms with Crippen molar-refractivity contribution in [1.29, 1.82) is 0 Å². The summed E-state index contributed by atoms with van der Waals surface area (Å²) < 4.78 is 86.3. The van der Waals surface area contributed by atoms with Gasteiger partial charge in [-0.05, 0) is 19.1 Å². The summed E-state index contributed by atoms with van der Waals surface area (Å²) in [6.07, 6.45) is 0.960. The summed E-state index contributed by atoms with van der Waals surface area (Å²) >= 11 is 0. The Kier molecular flexibility index (Phi) is 0.782. The summed E-state index contributed by atoms with van der Waals surface area (Å²) in [6.45, 7) is -16.8. The molecule has 0 unspecified atom stereocenters. The maximum absolute atomic E-state index is 8.08. The zero-order valence-corrected chi connectivity index (χ0v) is 7.15. The molecule has 2 N–H and O–H groups in total. The number of nitrogen functional groups attached to an aromatic ring is 1. The van der Waals surface area contributed by atoms with Crippen LogP contribution in [0.3, 0.4) is 0 Å². The SMILES string of the molecule is [2H]C([2H])([2H])N1C([2H])([2H])C([2H])([2H])N(c2ccc(N)nc2)C([2H])([2H])C1([2H])[2H]. The van der Waals surface area contributed by atoms with Crippen LogP contribution in [-0.2, 0) is 0 Å². The number of pyridine rings is 1.